The molecule has 2 N–H and O–H groups in total. The Balaban J connectivity index is 1.66. The molecular weight excluding hydrogens is 459 g/mol. The summed E-state index contributed by atoms with van der Waals surface area (Å²) < 4.78 is 38.3. The quantitative estimate of drug-likeness (QED) is 0.547. The molecule has 33 heavy (non-hydrogen) atoms. The molecule has 0 radical (unpaired) electrons. The maximum Gasteiger partial charge on any atom is 0.416 e. The van der Waals surface area contributed by atoms with E-state index in [1.165, 1.54) is 4.90 Å². The average Bonchev–Trinajstić information content (AvgIpc) is 2.88. The fraction of sp³-hybridized carbons (Fsp3) is 0.182. The van der Waals surface area contributed by atoms with E-state index in [1.54, 1.807) is 31.4 Å². The largest absolute Gasteiger partial charge is 0.416 e. The smallest absolute Gasteiger partial charge is 0.373 e. The zero-order chi connectivity index (χ0) is 23.8. The number of rotatable bonds is 4. The number of pyridine rings is 2. The van der Waals surface area contributed by atoms with Gasteiger partial charge in [-0.15, -0.1) is 0 Å². The highest BCUT2D eigenvalue weighted by Crippen LogP contribution is 2.41. The molecule has 2 amide bonds. The third-order valence-corrected chi connectivity index (χ3v) is 5.35. The van der Waals surface area contributed by atoms with E-state index in [1.807, 2.05) is 0 Å². The molecule has 1 aliphatic heterocycles. The second kappa shape index (κ2) is 8.70. The zero-order valence-corrected chi connectivity index (χ0v) is 18.0. The van der Waals surface area contributed by atoms with E-state index in [2.05, 4.69) is 20.6 Å². The lowest BCUT2D eigenvalue weighted by Crippen LogP contribution is -2.38. The van der Waals surface area contributed by atoms with Gasteiger partial charge in [0.15, 0.2) is 0 Å². The van der Waals surface area contributed by atoms with Crippen molar-refractivity contribution in [1.29, 1.82) is 0 Å². The summed E-state index contributed by atoms with van der Waals surface area (Å²) >= 11 is 6.45. The van der Waals surface area contributed by atoms with Gasteiger partial charge in [0.25, 0.3) is 0 Å². The van der Waals surface area contributed by atoms with Crippen LogP contribution in [-0.4, -0.2) is 35.4 Å². The van der Waals surface area contributed by atoms with Gasteiger partial charge in [0.05, 0.1) is 23.4 Å². The Morgan fingerprint density at radius 3 is 2.61 bits per heavy atom. The predicted octanol–water partition coefficient (Wildman–Crippen LogP) is 4.39. The van der Waals surface area contributed by atoms with Crippen molar-refractivity contribution in [2.45, 2.75) is 12.6 Å². The van der Waals surface area contributed by atoms with Crippen LogP contribution in [0.3, 0.4) is 0 Å². The number of hydrogen-bond donors (Lipinski definition) is 2. The third-order valence-electron chi connectivity index (χ3n) is 5.08. The van der Waals surface area contributed by atoms with Crippen LogP contribution in [0, 0.1) is 0 Å². The fourth-order valence-corrected chi connectivity index (χ4v) is 3.82. The molecule has 0 aliphatic carbocycles. The van der Waals surface area contributed by atoms with Gasteiger partial charge in [-0.25, -0.2) is 4.98 Å². The van der Waals surface area contributed by atoms with Gasteiger partial charge < -0.3 is 15.5 Å². The molecule has 0 spiro atoms. The van der Waals surface area contributed by atoms with Crippen LogP contribution in [0.25, 0.3) is 11.1 Å². The molecule has 3 aromatic rings. The van der Waals surface area contributed by atoms with Crippen molar-refractivity contribution in [2.75, 3.05) is 29.1 Å². The molecule has 0 saturated carbocycles. The molecule has 7 nitrogen and oxygen atoms in total. The number of halogens is 4. The second-order valence-electron chi connectivity index (χ2n) is 7.22. The Bertz CT molecular complexity index is 1230. The van der Waals surface area contributed by atoms with E-state index in [-0.39, 0.29) is 29.7 Å². The Morgan fingerprint density at radius 2 is 1.94 bits per heavy atom. The van der Waals surface area contributed by atoms with E-state index in [4.69, 9.17) is 11.6 Å². The number of alkyl halides is 3. The second-order valence-corrected chi connectivity index (χ2v) is 7.58. The minimum absolute atomic E-state index is 0.0658. The lowest BCUT2D eigenvalue weighted by atomic mass is 10.0. The summed E-state index contributed by atoms with van der Waals surface area (Å²) in [6.45, 7) is -0.385. The molecule has 0 fully saturated rings. The minimum atomic E-state index is -4.48. The first-order valence-electron chi connectivity index (χ1n) is 9.77. The van der Waals surface area contributed by atoms with Crippen LogP contribution in [0.2, 0.25) is 5.15 Å². The summed E-state index contributed by atoms with van der Waals surface area (Å²) in [6, 6.07) is 9.13. The Hall–Kier alpha value is -3.66. The van der Waals surface area contributed by atoms with E-state index < -0.39 is 17.6 Å². The number of aromatic nitrogens is 2. The SMILES string of the molecule is CNc1cc2c(c(Cl)n1)-c1cccnc1CC(=O)N2CC(=O)Nc1ccc(C(F)(F)F)cc1. The van der Waals surface area contributed by atoms with Crippen molar-refractivity contribution < 1.29 is 22.8 Å². The first-order valence-corrected chi connectivity index (χ1v) is 10.1. The van der Waals surface area contributed by atoms with Gasteiger partial charge in [-0.1, -0.05) is 17.7 Å². The normalized spacial score (nSPS) is 13.1. The van der Waals surface area contributed by atoms with E-state index in [0.717, 1.165) is 24.3 Å². The van der Waals surface area contributed by atoms with Gasteiger partial charge in [-0.05, 0) is 30.3 Å². The number of hydrogen-bond acceptors (Lipinski definition) is 5. The topological polar surface area (TPSA) is 87.2 Å². The number of fused-ring (bicyclic) bond motifs is 3. The highest BCUT2D eigenvalue weighted by Gasteiger charge is 2.32. The standard InChI is InChI=1S/C22H17ClF3N5O2/c1-27-17-10-16-20(21(23)30-17)14-3-2-8-28-15(14)9-19(33)31(16)11-18(32)29-13-6-4-12(5-7-13)22(24,25)26/h2-8,10H,9,11H2,1H3,(H,27,30)(H,29,32). The highest BCUT2D eigenvalue weighted by molar-refractivity contribution is 6.33. The molecule has 11 heteroatoms. The van der Waals surface area contributed by atoms with Gasteiger partial charge in [-0.2, -0.15) is 13.2 Å². The Morgan fingerprint density at radius 1 is 1.21 bits per heavy atom. The molecule has 1 aromatic carbocycles. The number of nitrogens with one attached hydrogen (secondary N) is 2. The number of nitrogens with zero attached hydrogens (tertiary/aromatic N) is 3. The van der Waals surface area contributed by atoms with Crippen LogP contribution in [0.5, 0.6) is 0 Å². The van der Waals surface area contributed by atoms with E-state index in [0.29, 0.717) is 28.3 Å². The van der Waals surface area contributed by atoms with Crippen molar-refractivity contribution in [3.8, 4) is 11.1 Å². The Labute approximate surface area is 191 Å². The molecule has 0 bridgehead atoms. The molecular formula is C22H17ClF3N5O2. The minimum Gasteiger partial charge on any atom is -0.373 e. The first-order chi connectivity index (χ1) is 15.7. The number of amides is 2. The van der Waals surface area contributed by atoms with Gasteiger partial charge in [0, 0.05) is 36.1 Å². The van der Waals surface area contributed by atoms with Gasteiger partial charge in [0.1, 0.15) is 17.5 Å². The van der Waals surface area contributed by atoms with Gasteiger partial charge >= 0.3 is 6.18 Å². The summed E-state index contributed by atoms with van der Waals surface area (Å²) in [4.78, 5) is 35.7. The maximum absolute atomic E-state index is 13.1. The first kappa shape index (κ1) is 22.5. The zero-order valence-electron chi connectivity index (χ0n) is 17.2. The molecule has 170 valence electrons. The van der Waals surface area contributed by atoms with Crippen molar-refractivity contribution in [3.63, 3.8) is 0 Å². The van der Waals surface area contributed by atoms with Crippen molar-refractivity contribution >= 4 is 40.6 Å². The summed E-state index contributed by atoms with van der Waals surface area (Å²) in [5.41, 5.74) is 1.31. The van der Waals surface area contributed by atoms with E-state index in [9.17, 15) is 22.8 Å². The molecule has 2 aromatic heterocycles. The van der Waals surface area contributed by atoms with Crippen LogP contribution >= 0.6 is 11.6 Å². The fourth-order valence-electron chi connectivity index (χ4n) is 3.53. The number of benzene rings is 1. The van der Waals surface area contributed by atoms with E-state index >= 15 is 0 Å². The summed E-state index contributed by atoms with van der Waals surface area (Å²) in [6.07, 6.45) is -2.99. The third kappa shape index (κ3) is 4.61. The maximum atomic E-state index is 13.1. The molecule has 1 aliphatic rings. The van der Waals surface area contributed by atoms with Crippen LogP contribution in [-0.2, 0) is 22.2 Å². The number of carbonyl (C=O) groups is 2. The van der Waals surface area contributed by atoms with Crippen LogP contribution in [0.1, 0.15) is 11.3 Å². The van der Waals surface area contributed by atoms with Gasteiger partial charge in [-0.3, -0.25) is 14.6 Å². The van der Waals surface area contributed by atoms with Crippen LogP contribution in [0.15, 0.2) is 48.7 Å². The van der Waals surface area contributed by atoms with Crippen molar-refractivity contribution in [3.05, 3.63) is 65.1 Å². The summed E-state index contributed by atoms with van der Waals surface area (Å²) in [5.74, 6) is -0.584. The lowest BCUT2D eigenvalue weighted by molar-refractivity contribution is -0.137. The Kier molecular flexibility index (Phi) is 5.94. The van der Waals surface area contributed by atoms with Crippen LogP contribution in [0.4, 0.5) is 30.4 Å². The van der Waals surface area contributed by atoms with Gasteiger partial charge in [0.2, 0.25) is 11.8 Å². The molecule has 4 rings (SSSR count). The summed E-state index contributed by atoms with van der Waals surface area (Å²) in [7, 11) is 1.64. The summed E-state index contributed by atoms with van der Waals surface area (Å²) in [5, 5.41) is 5.52. The molecule has 0 atom stereocenters. The highest BCUT2D eigenvalue weighted by atomic mass is 35.5. The lowest BCUT2D eigenvalue weighted by Gasteiger charge is -2.23. The molecule has 3 heterocycles. The monoisotopic (exact) mass is 475 g/mol. The molecule has 0 saturated heterocycles. The molecule has 0 unspecified atom stereocenters. The number of anilines is 3. The van der Waals surface area contributed by atoms with Crippen LogP contribution < -0.4 is 15.5 Å². The average molecular weight is 476 g/mol. The predicted molar refractivity (Wildman–Crippen MR) is 118 cm³/mol. The number of carbonyl (C=O) groups excluding carboxylic acids is 2. The van der Waals surface area contributed by atoms with Crippen molar-refractivity contribution in [2.24, 2.45) is 0 Å². The van der Waals surface area contributed by atoms with Crippen molar-refractivity contribution in [1.82, 2.24) is 9.97 Å².